The van der Waals surface area contributed by atoms with E-state index in [1.165, 1.54) is 10.5 Å². The number of hydrogen-bond donors (Lipinski definition) is 0. The van der Waals surface area contributed by atoms with Crippen LogP contribution < -0.4 is 0 Å². The molecule has 0 saturated heterocycles. The topological polar surface area (TPSA) is 22.1 Å². The van der Waals surface area contributed by atoms with Gasteiger partial charge < -0.3 is 4.43 Å². The number of aromatic nitrogens is 1. The Bertz CT molecular complexity index is 438. The number of aryl methyl sites for hydroxylation is 1. The largest absolute Gasteiger partial charge is 0.413 e. The second kappa shape index (κ2) is 7.27. The third-order valence-electron chi connectivity index (χ3n) is 2.55. The molecule has 0 spiro atoms. The lowest BCUT2D eigenvalue weighted by molar-refractivity contribution is 0.371. The van der Waals surface area contributed by atoms with Crippen molar-refractivity contribution in [3.05, 3.63) is 34.9 Å². The Labute approximate surface area is 123 Å². The Hall–Kier alpha value is -0.583. The van der Waals surface area contributed by atoms with Crippen LogP contribution in [0.4, 0.5) is 0 Å². The van der Waals surface area contributed by atoms with E-state index in [1.807, 2.05) is 12.3 Å². The monoisotopic (exact) mass is 294 g/mol. The molecular formula is C15H24NOSSi. The first-order valence-electron chi connectivity index (χ1n) is 6.54. The average Bonchev–Trinajstić information content (AvgIpc) is 2.28. The summed E-state index contributed by atoms with van der Waals surface area (Å²) in [6, 6.07) is 4.08. The fourth-order valence-corrected chi connectivity index (χ4v) is 2.89. The second-order valence-electron chi connectivity index (χ2n) is 5.77. The number of hydrogen-bond acceptors (Lipinski definition) is 3. The van der Waals surface area contributed by atoms with Crippen LogP contribution >= 0.6 is 11.8 Å². The van der Waals surface area contributed by atoms with Gasteiger partial charge in [-0.25, -0.2) is 4.98 Å². The summed E-state index contributed by atoms with van der Waals surface area (Å²) in [5.41, 5.74) is 1.34. The third-order valence-corrected chi connectivity index (χ3v) is 4.91. The number of pyridine rings is 1. The van der Waals surface area contributed by atoms with Crippen molar-refractivity contribution in [1.29, 1.82) is 0 Å². The summed E-state index contributed by atoms with van der Waals surface area (Å²) in [5, 5.41) is 1.09. The molecule has 0 fully saturated rings. The highest BCUT2D eigenvalue weighted by Gasteiger charge is 2.19. The number of rotatable bonds is 5. The predicted molar refractivity (Wildman–Crippen MR) is 85.8 cm³/mol. The van der Waals surface area contributed by atoms with Gasteiger partial charge in [-0.3, -0.25) is 0 Å². The lowest BCUT2D eigenvalue weighted by Crippen LogP contribution is -2.11. The quantitative estimate of drug-likeness (QED) is 0.581. The van der Waals surface area contributed by atoms with E-state index >= 15 is 0 Å². The van der Waals surface area contributed by atoms with E-state index in [0.29, 0.717) is 6.61 Å². The molecule has 19 heavy (non-hydrogen) atoms. The predicted octanol–water partition coefficient (Wildman–Crippen LogP) is 4.68. The molecule has 0 aliphatic carbocycles. The summed E-state index contributed by atoms with van der Waals surface area (Å²) in [6.07, 6.45) is 4.06. The van der Waals surface area contributed by atoms with Gasteiger partial charge in [0.05, 0.1) is 6.61 Å². The molecule has 1 radical (unpaired) electrons. The van der Waals surface area contributed by atoms with Crippen molar-refractivity contribution in [2.75, 3.05) is 6.61 Å². The molecule has 1 heterocycles. The first-order valence-corrected chi connectivity index (χ1v) is 9.76. The Morgan fingerprint density at radius 1 is 1.42 bits per heavy atom. The minimum absolute atomic E-state index is 0.117. The summed E-state index contributed by atoms with van der Waals surface area (Å²) in [5.74, 6) is 0. The molecule has 1 aromatic heterocycles. The van der Waals surface area contributed by atoms with Gasteiger partial charge in [-0.05, 0) is 48.0 Å². The Kier molecular flexibility index (Phi) is 6.30. The van der Waals surface area contributed by atoms with Crippen LogP contribution in [0.2, 0.25) is 13.1 Å². The zero-order chi connectivity index (χ0) is 14.5. The zero-order valence-electron chi connectivity index (χ0n) is 12.8. The highest BCUT2D eigenvalue weighted by atomic mass is 32.2. The molecule has 0 bridgehead atoms. The number of thioether (sulfide) groups is 1. The summed E-state index contributed by atoms with van der Waals surface area (Å²) in [4.78, 5) is 5.78. The first kappa shape index (κ1) is 16.5. The van der Waals surface area contributed by atoms with Gasteiger partial charge in [0.15, 0.2) is 0 Å². The first-order chi connectivity index (χ1) is 8.80. The van der Waals surface area contributed by atoms with E-state index in [2.05, 4.69) is 57.9 Å². The minimum atomic E-state index is -0.625. The van der Waals surface area contributed by atoms with E-state index in [9.17, 15) is 0 Å². The standard InChI is InChI=1S/C15H24NOSSi/c1-12-8-7-10-16-14(12)18-13(15(2,3)4)9-11-17-19(5)6/h7-10H,11H2,1-6H3. The molecule has 1 rings (SSSR count). The van der Waals surface area contributed by atoms with Crippen LogP contribution in [-0.4, -0.2) is 20.6 Å². The van der Waals surface area contributed by atoms with Gasteiger partial charge in [0, 0.05) is 6.20 Å². The average molecular weight is 295 g/mol. The molecule has 0 saturated carbocycles. The normalized spacial score (nSPS) is 13.1. The fourth-order valence-electron chi connectivity index (χ4n) is 1.47. The van der Waals surface area contributed by atoms with Crippen molar-refractivity contribution in [2.45, 2.75) is 45.8 Å². The maximum atomic E-state index is 5.73. The smallest absolute Gasteiger partial charge is 0.205 e. The molecule has 1 aromatic rings. The van der Waals surface area contributed by atoms with Gasteiger partial charge in [0.2, 0.25) is 9.04 Å². The maximum absolute atomic E-state index is 5.73. The summed E-state index contributed by atoms with van der Waals surface area (Å²) < 4.78 is 5.73. The van der Waals surface area contributed by atoms with E-state index in [4.69, 9.17) is 4.43 Å². The molecular weight excluding hydrogens is 270 g/mol. The molecule has 105 valence electrons. The Balaban J connectivity index is 2.84. The van der Waals surface area contributed by atoms with Crippen molar-refractivity contribution in [3.8, 4) is 0 Å². The van der Waals surface area contributed by atoms with Crippen molar-refractivity contribution in [3.63, 3.8) is 0 Å². The molecule has 0 amide bonds. The van der Waals surface area contributed by atoms with E-state index < -0.39 is 9.04 Å². The van der Waals surface area contributed by atoms with Gasteiger partial charge in [0.1, 0.15) is 5.03 Å². The van der Waals surface area contributed by atoms with Crippen molar-refractivity contribution >= 4 is 20.8 Å². The molecule has 0 atom stereocenters. The van der Waals surface area contributed by atoms with Crippen LogP contribution in [0, 0.1) is 12.3 Å². The van der Waals surface area contributed by atoms with Gasteiger partial charge in [-0.2, -0.15) is 0 Å². The van der Waals surface area contributed by atoms with Crippen LogP contribution in [0.25, 0.3) is 0 Å². The van der Waals surface area contributed by atoms with Crippen LogP contribution in [0.5, 0.6) is 0 Å². The lowest BCUT2D eigenvalue weighted by Gasteiger charge is -2.23. The Morgan fingerprint density at radius 2 is 2.11 bits per heavy atom. The minimum Gasteiger partial charge on any atom is -0.413 e. The van der Waals surface area contributed by atoms with Gasteiger partial charge in [-0.1, -0.05) is 38.6 Å². The van der Waals surface area contributed by atoms with E-state index in [1.54, 1.807) is 11.8 Å². The number of allylic oxidation sites excluding steroid dienone is 1. The van der Waals surface area contributed by atoms with E-state index in [-0.39, 0.29) is 5.41 Å². The van der Waals surface area contributed by atoms with Crippen molar-refractivity contribution in [2.24, 2.45) is 5.41 Å². The highest BCUT2D eigenvalue weighted by molar-refractivity contribution is 8.03. The fraction of sp³-hybridized carbons (Fsp3) is 0.533. The van der Waals surface area contributed by atoms with Crippen molar-refractivity contribution in [1.82, 2.24) is 4.98 Å². The number of nitrogens with zero attached hydrogens (tertiary/aromatic N) is 1. The maximum Gasteiger partial charge on any atom is 0.205 e. The van der Waals surface area contributed by atoms with Gasteiger partial charge in [0.25, 0.3) is 0 Å². The summed E-state index contributed by atoms with van der Waals surface area (Å²) in [7, 11) is -0.625. The summed E-state index contributed by atoms with van der Waals surface area (Å²) >= 11 is 1.76. The second-order valence-corrected chi connectivity index (χ2v) is 8.90. The SMILES string of the molecule is Cc1cccnc1SC(=CCO[Si](C)C)C(C)(C)C. The molecule has 0 aliphatic heterocycles. The third kappa shape index (κ3) is 5.93. The molecule has 0 N–H and O–H groups in total. The van der Waals surface area contributed by atoms with Crippen LogP contribution in [-0.2, 0) is 4.43 Å². The molecule has 2 nitrogen and oxygen atoms in total. The highest BCUT2D eigenvalue weighted by Crippen LogP contribution is 2.39. The van der Waals surface area contributed by atoms with Gasteiger partial charge >= 0.3 is 0 Å². The van der Waals surface area contributed by atoms with Crippen LogP contribution in [0.1, 0.15) is 26.3 Å². The van der Waals surface area contributed by atoms with Crippen LogP contribution in [0.3, 0.4) is 0 Å². The van der Waals surface area contributed by atoms with E-state index in [0.717, 1.165) is 5.03 Å². The van der Waals surface area contributed by atoms with Crippen LogP contribution in [0.15, 0.2) is 34.3 Å². The molecule has 0 unspecified atom stereocenters. The van der Waals surface area contributed by atoms with Crippen molar-refractivity contribution < 1.29 is 4.43 Å². The molecule has 4 heteroatoms. The lowest BCUT2D eigenvalue weighted by atomic mass is 9.96. The molecule has 0 aliphatic rings. The van der Waals surface area contributed by atoms with Gasteiger partial charge in [-0.15, -0.1) is 0 Å². The summed E-state index contributed by atoms with van der Waals surface area (Å²) in [6.45, 7) is 13.8. The molecule has 0 aromatic carbocycles. The Morgan fingerprint density at radius 3 is 2.63 bits per heavy atom. The zero-order valence-corrected chi connectivity index (χ0v) is 14.6.